The zero-order valence-corrected chi connectivity index (χ0v) is 10.4. The largest absolute Gasteiger partial charge is 0.308 e. The van der Waals surface area contributed by atoms with E-state index in [4.69, 9.17) is 11.6 Å². The van der Waals surface area contributed by atoms with Crippen molar-refractivity contribution < 1.29 is 0 Å². The van der Waals surface area contributed by atoms with Crippen molar-refractivity contribution in [2.75, 3.05) is 6.54 Å². The summed E-state index contributed by atoms with van der Waals surface area (Å²) in [5.74, 6) is 0. The molecule has 0 aliphatic rings. The highest BCUT2D eigenvalue weighted by molar-refractivity contribution is 6.30. The minimum absolute atomic E-state index is 0.113. The molecular weight excluding hydrogens is 206 g/mol. The van der Waals surface area contributed by atoms with Gasteiger partial charge >= 0.3 is 0 Å². The molecule has 0 unspecified atom stereocenters. The lowest BCUT2D eigenvalue weighted by Crippen LogP contribution is -2.36. The van der Waals surface area contributed by atoms with Gasteiger partial charge in [-0.05, 0) is 44.0 Å². The molecule has 1 aromatic carbocycles. The number of rotatable bonds is 3. The third-order valence-corrected chi connectivity index (χ3v) is 2.30. The molecule has 15 heavy (non-hydrogen) atoms. The summed E-state index contributed by atoms with van der Waals surface area (Å²) in [6, 6.07) is 7.78. The lowest BCUT2D eigenvalue weighted by molar-refractivity contribution is 0.452. The monoisotopic (exact) mass is 223 g/mol. The van der Waals surface area contributed by atoms with Crippen molar-refractivity contribution in [2.24, 2.45) is 0 Å². The second-order valence-corrected chi connectivity index (χ2v) is 5.15. The smallest absolute Gasteiger partial charge is 0.0412 e. The van der Waals surface area contributed by atoms with Crippen molar-refractivity contribution in [3.63, 3.8) is 0 Å². The Bertz CT molecular complexity index is 350. The second-order valence-electron chi connectivity index (χ2n) is 4.72. The maximum Gasteiger partial charge on any atom is 0.0412 e. The van der Waals surface area contributed by atoms with Gasteiger partial charge < -0.3 is 5.32 Å². The number of benzene rings is 1. The zero-order valence-electron chi connectivity index (χ0n) is 9.60. The topological polar surface area (TPSA) is 12.0 Å². The van der Waals surface area contributed by atoms with E-state index in [-0.39, 0.29) is 5.54 Å². The maximum atomic E-state index is 5.92. The molecule has 0 aliphatic carbocycles. The molecular formula is C13H18ClN. The van der Waals surface area contributed by atoms with Gasteiger partial charge in [0, 0.05) is 17.1 Å². The van der Waals surface area contributed by atoms with Crippen LogP contribution in [0.2, 0.25) is 5.02 Å². The van der Waals surface area contributed by atoms with E-state index < -0.39 is 0 Å². The Morgan fingerprint density at radius 1 is 1.40 bits per heavy atom. The van der Waals surface area contributed by atoms with Crippen LogP contribution < -0.4 is 5.32 Å². The van der Waals surface area contributed by atoms with Crippen LogP contribution >= 0.6 is 11.6 Å². The number of halogens is 1. The van der Waals surface area contributed by atoms with Gasteiger partial charge in [0.2, 0.25) is 0 Å². The molecule has 0 radical (unpaired) electrons. The van der Waals surface area contributed by atoms with E-state index in [1.165, 1.54) is 0 Å². The predicted octanol–water partition coefficient (Wildman–Crippen LogP) is 3.74. The van der Waals surface area contributed by atoms with Crippen molar-refractivity contribution in [1.29, 1.82) is 0 Å². The first-order chi connectivity index (χ1) is 6.88. The fourth-order valence-electron chi connectivity index (χ4n) is 1.18. The van der Waals surface area contributed by atoms with Gasteiger partial charge in [-0.1, -0.05) is 30.3 Å². The first kappa shape index (κ1) is 12.3. The molecule has 0 saturated carbocycles. The minimum atomic E-state index is 0.113. The maximum absolute atomic E-state index is 5.92. The van der Waals surface area contributed by atoms with Gasteiger partial charge in [0.1, 0.15) is 0 Å². The molecule has 0 heterocycles. The molecule has 0 aromatic heterocycles. The Hall–Kier alpha value is -0.790. The van der Waals surface area contributed by atoms with Crippen molar-refractivity contribution >= 4 is 17.2 Å². The Morgan fingerprint density at radius 2 is 2.07 bits per heavy atom. The van der Waals surface area contributed by atoms with Crippen molar-refractivity contribution in [1.82, 2.24) is 5.32 Å². The van der Waals surface area contributed by atoms with Gasteiger partial charge in [-0.25, -0.2) is 0 Å². The lowest BCUT2D eigenvalue weighted by Gasteiger charge is -2.21. The average molecular weight is 224 g/mol. The third-order valence-electron chi connectivity index (χ3n) is 2.06. The van der Waals surface area contributed by atoms with Gasteiger partial charge in [0.05, 0.1) is 0 Å². The highest BCUT2D eigenvalue weighted by Gasteiger charge is 2.09. The van der Waals surface area contributed by atoms with Crippen LogP contribution in [0.4, 0.5) is 0 Å². The molecule has 0 bridgehead atoms. The van der Waals surface area contributed by atoms with E-state index >= 15 is 0 Å². The minimum Gasteiger partial charge on any atom is -0.308 e. The molecule has 0 aliphatic heterocycles. The van der Waals surface area contributed by atoms with Crippen LogP contribution in [0.15, 0.2) is 30.8 Å². The van der Waals surface area contributed by atoms with E-state index in [0.717, 1.165) is 22.7 Å². The van der Waals surface area contributed by atoms with E-state index in [1.807, 2.05) is 24.3 Å². The first-order valence-electron chi connectivity index (χ1n) is 5.07. The molecule has 1 aromatic rings. The van der Waals surface area contributed by atoms with Crippen LogP contribution in [0.3, 0.4) is 0 Å². The fourth-order valence-corrected chi connectivity index (χ4v) is 1.37. The quantitative estimate of drug-likeness (QED) is 0.823. The van der Waals surface area contributed by atoms with Gasteiger partial charge in [-0.15, -0.1) is 0 Å². The summed E-state index contributed by atoms with van der Waals surface area (Å²) in [4.78, 5) is 0. The number of nitrogens with one attached hydrogen (secondary N) is 1. The molecule has 82 valence electrons. The van der Waals surface area contributed by atoms with E-state index in [0.29, 0.717) is 0 Å². The fraction of sp³-hybridized carbons (Fsp3) is 0.385. The number of hydrogen-bond donors (Lipinski definition) is 1. The molecule has 0 atom stereocenters. The average Bonchev–Trinajstić information content (AvgIpc) is 2.13. The second kappa shape index (κ2) is 4.82. The van der Waals surface area contributed by atoms with Gasteiger partial charge in [-0.2, -0.15) is 0 Å². The molecule has 1 rings (SSSR count). The third kappa shape index (κ3) is 4.50. The van der Waals surface area contributed by atoms with E-state index in [2.05, 4.69) is 32.7 Å². The summed E-state index contributed by atoms with van der Waals surface area (Å²) in [6.45, 7) is 11.2. The van der Waals surface area contributed by atoms with Crippen molar-refractivity contribution in [3.8, 4) is 0 Å². The van der Waals surface area contributed by atoms with Gasteiger partial charge in [-0.3, -0.25) is 0 Å². The Morgan fingerprint density at radius 3 is 2.60 bits per heavy atom. The van der Waals surface area contributed by atoms with Gasteiger partial charge in [0.25, 0.3) is 0 Å². The molecule has 1 nitrogen and oxygen atoms in total. The van der Waals surface area contributed by atoms with Crippen LogP contribution in [0.1, 0.15) is 26.3 Å². The summed E-state index contributed by atoms with van der Waals surface area (Å²) in [5, 5.41) is 4.15. The summed E-state index contributed by atoms with van der Waals surface area (Å²) < 4.78 is 0. The lowest BCUT2D eigenvalue weighted by atomic mass is 10.1. The van der Waals surface area contributed by atoms with Crippen LogP contribution in [0.5, 0.6) is 0 Å². The predicted molar refractivity (Wildman–Crippen MR) is 68.2 cm³/mol. The summed E-state index contributed by atoms with van der Waals surface area (Å²) in [7, 11) is 0. The van der Waals surface area contributed by atoms with Crippen LogP contribution in [0, 0.1) is 0 Å². The first-order valence-corrected chi connectivity index (χ1v) is 5.45. The Kier molecular flexibility index (Phi) is 3.95. The van der Waals surface area contributed by atoms with Crippen molar-refractivity contribution in [2.45, 2.75) is 26.3 Å². The summed E-state index contributed by atoms with van der Waals surface area (Å²) in [6.07, 6.45) is 0. The molecule has 1 N–H and O–H groups in total. The van der Waals surface area contributed by atoms with Crippen LogP contribution in [-0.4, -0.2) is 12.1 Å². The van der Waals surface area contributed by atoms with E-state index in [1.54, 1.807) is 0 Å². The van der Waals surface area contributed by atoms with Crippen molar-refractivity contribution in [3.05, 3.63) is 41.4 Å². The highest BCUT2D eigenvalue weighted by Crippen LogP contribution is 2.17. The molecule has 0 fully saturated rings. The van der Waals surface area contributed by atoms with Gasteiger partial charge in [0.15, 0.2) is 0 Å². The molecule has 0 spiro atoms. The van der Waals surface area contributed by atoms with E-state index in [9.17, 15) is 0 Å². The zero-order chi connectivity index (χ0) is 11.5. The molecule has 0 saturated heterocycles. The van der Waals surface area contributed by atoms with Crippen LogP contribution in [-0.2, 0) is 0 Å². The molecule has 0 amide bonds. The molecule has 2 heteroatoms. The SMILES string of the molecule is C=C(CNC(C)(C)C)c1cccc(Cl)c1. The Labute approximate surface area is 97.1 Å². The normalized spacial score (nSPS) is 11.5. The standard InChI is InChI=1S/C13H18ClN/c1-10(9-15-13(2,3)4)11-6-5-7-12(14)8-11/h5-8,15H,1,9H2,2-4H3. The highest BCUT2D eigenvalue weighted by atomic mass is 35.5. The summed E-state index contributed by atoms with van der Waals surface area (Å²) >= 11 is 5.92. The number of hydrogen-bond acceptors (Lipinski definition) is 1. The summed E-state index contributed by atoms with van der Waals surface area (Å²) in [5.41, 5.74) is 2.27. The van der Waals surface area contributed by atoms with Crippen LogP contribution in [0.25, 0.3) is 5.57 Å². The Balaban J connectivity index is 2.62.